The Morgan fingerprint density at radius 1 is 1.16 bits per heavy atom. The molecule has 1 aromatic heterocycles. The van der Waals surface area contributed by atoms with Crippen LogP contribution in [0.1, 0.15) is 64.6 Å². The average molecular weight is 434 g/mol. The number of aromatic nitrogens is 1. The number of rotatable bonds is 3. The molecule has 4 rings (SSSR count). The second kappa shape index (κ2) is 10.3. The van der Waals surface area contributed by atoms with Gasteiger partial charge in [-0.2, -0.15) is 0 Å². The molecule has 0 bridgehead atoms. The van der Waals surface area contributed by atoms with E-state index in [1.165, 1.54) is 11.3 Å². The number of hydrogen-bond donors (Lipinski definition) is 1. The molecule has 170 valence electrons. The third-order valence-electron chi connectivity index (χ3n) is 6.72. The van der Waals surface area contributed by atoms with E-state index in [1.54, 1.807) is 0 Å². The number of amides is 1. The minimum atomic E-state index is -0.00946. The SMILES string of the molecule is CCN(c1cccc2c1C/C=C/CCc1cc(C)nc(C)c1CNC2=O)C1CCOCC1. The molecule has 0 radical (unpaired) electrons. The standard InChI is InChI=1S/C27H35N3O2/c1-4-30(22-13-15-32-16-14-22)26-12-8-11-24-23(26)10-7-5-6-9-21-17-19(2)29-20(3)25(21)18-28-27(24)31/h5,7-8,11-12,17,22H,4,6,9-10,13-16,18H2,1-3H3,(H,28,31)/b7-5+. The number of carbonyl (C=O) groups excluding carboxylic acids is 1. The number of nitrogens with zero attached hydrogens (tertiary/aromatic N) is 2. The van der Waals surface area contributed by atoms with Gasteiger partial charge < -0.3 is 15.0 Å². The van der Waals surface area contributed by atoms with Crippen molar-refractivity contribution in [1.82, 2.24) is 10.3 Å². The second-order valence-electron chi connectivity index (χ2n) is 8.82. The largest absolute Gasteiger partial charge is 0.381 e. The van der Waals surface area contributed by atoms with Gasteiger partial charge in [-0.15, -0.1) is 0 Å². The molecule has 2 aliphatic rings. The highest BCUT2D eigenvalue weighted by molar-refractivity contribution is 5.97. The molecule has 0 unspecified atom stereocenters. The Labute approximate surface area is 191 Å². The summed E-state index contributed by atoms with van der Waals surface area (Å²) >= 11 is 0. The van der Waals surface area contributed by atoms with Crippen molar-refractivity contribution >= 4 is 11.6 Å². The lowest BCUT2D eigenvalue weighted by atomic mass is 9.96. The third kappa shape index (κ3) is 4.88. The highest BCUT2D eigenvalue weighted by atomic mass is 16.5. The molecule has 3 heterocycles. The summed E-state index contributed by atoms with van der Waals surface area (Å²) in [7, 11) is 0. The summed E-state index contributed by atoms with van der Waals surface area (Å²) in [6.07, 6.45) is 9.27. The van der Waals surface area contributed by atoms with Crippen molar-refractivity contribution in [3.8, 4) is 0 Å². The molecule has 0 atom stereocenters. The van der Waals surface area contributed by atoms with Gasteiger partial charge in [-0.3, -0.25) is 9.78 Å². The minimum absolute atomic E-state index is 0.00946. The van der Waals surface area contributed by atoms with E-state index in [4.69, 9.17) is 4.74 Å². The van der Waals surface area contributed by atoms with Crippen LogP contribution in [0.3, 0.4) is 0 Å². The van der Waals surface area contributed by atoms with Gasteiger partial charge in [-0.1, -0.05) is 18.2 Å². The summed E-state index contributed by atoms with van der Waals surface area (Å²) in [6, 6.07) is 8.78. The Morgan fingerprint density at radius 2 is 1.97 bits per heavy atom. The van der Waals surface area contributed by atoms with Gasteiger partial charge in [0.1, 0.15) is 0 Å². The molecule has 5 nitrogen and oxygen atoms in total. The number of ether oxygens (including phenoxy) is 1. The maximum absolute atomic E-state index is 13.4. The number of allylic oxidation sites excluding steroid dienone is 2. The molecular weight excluding hydrogens is 398 g/mol. The molecule has 0 saturated carbocycles. The van der Waals surface area contributed by atoms with Crippen molar-refractivity contribution in [2.24, 2.45) is 0 Å². The molecule has 0 aliphatic carbocycles. The zero-order valence-electron chi connectivity index (χ0n) is 19.6. The number of benzene rings is 1. The van der Waals surface area contributed by atoms with Crippen LogP contribution in [0.2, 0.25) is 0 Å². The van der Waals surface area contributed by atoms with Crippen molar-refractivity contribution in [2.75, 3.05) is 24.7 Å². The minimum Gasteiger partial charge on any atom is -0.381 e. The molecule has 2 aliphatic heterocycles. The predicted molar refractivity (Wildman–Crippen MR) is 129 cm³/mol. The summed E-state index contributed by atoms with van der Waals surface area (Å²) in [5, 5.41) is 3.20. The first-order valence-corrected chi connectivity index (χ1v) is 11.9. The van der Waals surface area contributed by atoms with Gasteiger partial charge in [-0.25, -0.2) is 0 Å². The van der Waals surface area contributed by atoms with Crippen LogP contribution in [0.15, 0.2) is 36.4 Å². The number of anilines is 1. The van der Waals surface area contributed by atoms with Crippen molar-refractivity contribution in [2.45, 2.75) is 65.5 Å². The molecule has 5 heteroatoms. The van der Waals surface area contributed by atoms with E-state index in [0.29, 0.717) is 12.6 Å². The topological polar surface area (TPSA) is 54.5 Å². The van der Waals surface area contributed by atoms with Gasteiger partial charge in [0.05, 0.1) is 0 Å². The maximum atomic E-state index is 13.4. The van der Waals surface area contributed by atoms with Gasteiger partial charge in [0.15, 0.2) is 0 Å². The van der Waals surface area contributed by atoms with Gasteiger partial charge in [0.2, 0.25) is 0 Å². The Bertz CT molecular complexity index is 993. The fourth-order valence-corrected chi connectivity index (χ4v) is 5.12. The molecule has 1 N–H and O–H groups in total. The first-order valence-electron chi connectivity index (χ1n) is 11.9. The Balaban J connectivity index is 1.69. The Kier molecular flexibility index (Phi) is 7.26. The smallest absolute Gasteiger partial charge is 0.251 e. The number of hydrogen-bond acceptors (Lipinski definition) is 4. The molecule has 1 aromatic carbocycles. The highest BCUT2D eigenvalue weighted by Gasteiger charge is 2.25. The molecule has 1 fully saturated rings. The zero-order valence-corrected chi connectivity index (χ0v) is 19.6. The monoisotopic (exact) mass is 433 g/mol. The number of nitrogens with one attached hydrogen (secondary N) is 1. The van der Waals surface area contributed by atoms with Crippen LogP contribution in [-0.4, -0.2) is 36.7 Å². The maximum Gasteiger partial charge on any atom is 0.251 e. The van der Waals surface area contributed by atoms with Crippen LogP contribution in [0, 0.1) is 13.8 Å². The van der Waals surface area contributed by atoms with Crippen LogP contribution in [0.4, 0.5) is 5.69 Å². The summed E-state index contributed by atoms with van der Waals surface area (Å²) in [6.45, 7) is 9.33. The van der Waals surface area contributed by atoms with E-state index in [2.05, 4.69) is 46.4 Å². The summed E-state index contributed by atoms with van der Waals surface area (Å²) in [5.41, 5.74) is 7.55. The van der Waals surface area contributed by atoms with Gasteiger partial charge in [0.25, 0.3) is 5.91 Å². The lowest BCUT2D eigenvalue weighted by molar-refractivity contribution is 0.0845. The quantitative estimate of drug-likeness (QED) is 0.714. The summed E-state index contributed by atoms with van der Waals surface area (Å²) in [4.78, 5) is 20.5. The average Bonchev–Trinajstić information content (AvgIpc) is 2.79. The summed E-state index contributed by atoms with van der Waals surface area (Å²) < 4.78 is 5.59. The van der Waals surface area contributed by atoms with Crippen LogP contribution in [0.5, 0.6) is 0 Å². The van der Waals surface area contributed by atoms with E-state index in [0.717, 1.165) is 79.9 Å². The normalized spacial score (nSPS) is 18.5. The van der Waals surface area contributed by atoms with Gasteiger partial charge in [-0.05, 0) is 87.8 Å². The first-order chi connectivity index (χ1) is 15.6. The fourth-order valence-electron chi connectivity index (χ4n) is 5.12. The van der Waals surface area contributed by atoms with E-state index in [9.17, 15) is 4.79 Å². The van der Waals surface area contributed by atoms with Gasteiger partial charge >= 0.3 is 0 Å². The van der Waals surface area contributed by atoms with E-state index in [-0.39, 0.29) is 5.91 Å². The van der Waals surface area contributed by atoms with Crippen LogP contribution in [0.25, 0.3) is 0 Å². The van der Waals surface area contributed by atoms with E-state index >= 15 is 0 Å². The lowest BCUT2D eigenvalue weighted by Gasteiger charge is -2.37. The summed E-state index contributed by atoms with van der Waals surface area (Å²) in [5.74, 6) is -0.00946. The Morgan fingerprint density at radius 3 is 2.75 bits per heavy atom. The van der Waals surface area contributed by atoms with E-state index < -0.39 is 0 Å². The predicted octanol–water partition coefficient (Wildman–Crippen LogP) is 4.68. The fraction of sp³-hybridized carbons (Fsp3) is 0.481. The molecule has 1 saturated heterocycles. The molecule has 2 aromatic rings. The number of pyridine rings is 1. The number of fused-ring (bicyclic) bond motifs is 2. The van der Waals surface area contributed by atoms with Crippen LogP contribution < -0.4 is 10.2 Å². The molecular formula is C27H35N3O2. The highest BCUT2D eigenvalue weighted by Crippen LogP contribution is 2.30. The lowest BCUT2D eigenvalue weighted by Crippen LogP contribution is -2.40. The van der Waals surface area contributed by atoms with Crippen molar-refractivity contribution in [1.29, 1.82) is 0 Å². The van der Waals surface area contributed by atoms with E-state index in [1.807, 2.05) is 26.0 Å². The van der Waals surface area contributed by atoms with Crippen LogP contribution >= 0.6 is 0 Å². The molecule has 0 spiro atoms. The first kappa shape index (κ1) is 22.5. The van der Waals surface area contributed by atoms with Crippen LogP contribution in [-0.2, 0) is 24.1 Å². The zero-order chi connectivity index (χ0) is 22.5. The second-order valence-corrected chi connectivity index (χ2v) is 8.82. The number of carbonyl (C=O) groups is 1. The molecule has 1 amide bonds. The molecule has 32 heavy (non-hydrogen) atoms. The van der Waals surface area contributed by atoms with Gasteiger partial charge in [0, 0.05) is 55.0 Å². The van der Waals surface area contributed by atoms with Crippen molar-refractivity contribution in [3.63, 3.8) is 0 Å². The van der Waals surface area contributed by atoms with Crippen molar-refractivity contribution < 1.29 is 9.53 Å². The third-order valence-corrected chi connectivity index (χ3v) is 6.72. The number of aryl methyl sites for hydroxylation is 3. The Hall–Kier alpha value is -2.66. The van der Waals surface area contributed by atoms with Crippen molar-refractivity contribution in [3.05, 3.63) is 70.1 Å².